The minimum atomic E-state index is -0.337. The summed E-state index contributed by atoms with van der Waals surface area (Å²) in [5.74, 6) is 0.0126. The summed E-state index contributed by atoms with van der Waals surface area (Å²) in [5.41, 5.74) is 7.10. The zero-order chi connectivity index (χ0) is 15.7. The van der Waals surface area contributed by atoms with E-state index in [9.17, 15) is 9.59 Å². The Kier molecular flexibility index (Phi) is 5.44. The van der Waals surface area contributed by atoms with Gasteiger partial charge in [-0.3, -0.25) is 9.59 Å². The number of H-pyrrole nitrogens is 1. The number of aromatic amines is 1. The van der Waals surface area contributed by atoms with Crippen molar-refractivity contribution in [3.8, 4) is 0 Å². The first-order chi connectivity index (χ1) is 10.6. The number of hydrogen-bond donors (Lipinski definition) is 3. The van der Waals surface area contributed by atoms with Gasteiger partial charge in [0.25, 0.3) is 11.5 Å². The van der Waals surface area contributed by atoms with Crippen molar-refractivity contribution in [2.75, 3.05) is 6.54 Å². The lowest BCUT2D eigenvalue weighted by Crippen LogP contribution is -2.42. The van der Waals surface area contributed by atoms with Gasteiger partial charge >= 0.3 is 0 Å². The molecule has 23 heavy (non-hydrogen) atoms. The summed E-state index contributed by atoms with van der Waals surface area (Å²) in [6, 6.07) is 7.59. The fraction of sp³-hybridized carbons (Fsp3) is 0.412. The average molecular weight is 336 g/mol. The van der Waals surface area contributed by atoms with Crippen LogP contribution in [0.5, 0.6) is 0 Å². The fourth-order valence-corrected chi connectivity index (χ4v) is 3.43. The number of amides is 1. The van der Waals surface area contributed by atoms with E-state index in [2.05, 4.69) is 10.3 Å². The molecule has 1 aliphatic carbocycles. The molecule has 2 unspecified atom stereocenters. The van der Waals surface area contributed by atoms with Crippen LogP contribution >= 0.6 is 12.4 Å². The lowest BCUT2D eigenvalue weighted by molar-refractivity contribution is 0.0927. The Morgan fingerprint density at radius 3 is 2.83 bits per heavy atom. The van der Waals surface area contributed by atoms with Gasteiger partial charge in [-0.25, -0.2) is 0 Å². The van der Waals surface area contributed by atoms with E-state index < -0.39 is 0 Å². The molecule has 1 fully saturated rings. The van der Waals surface area contributed by atoms with Crippen LogP contribution in [0.1, 0.15) is 35.2 Å². The second-order valence-electron chi connectivity index (χ2n) is 6.01. The molecule has 6 heteroatoms. The zero-order valence-electron chi connectivity index (χ0n) is 13.1. The molecule has 1 aliphatic rings. The molecule has 0 saturated heterocycles. The van der Waals surface area contributed by atoms with E-state index in [0.29, 0.717) is 12.5 Å². The Labute approximate surface area is 141 Å². The van der Waals surface area contributed by atoms with E-state index in [1.807, 2.05) is 31.2 Å². The standard InChI is InChI=1S/C17H21N3O2.ClH/c1-10-12-6-2-3-7-14(12)20-17(22)15(10)16(21)19-13-8-4-5-11(13)9-18;/h2-3,6-7,11,13H,4-5,8-9,18H2,1H3,(H,19,21)(H,20,22);1H. The average Bonchev–Trinajstić information content (AvgIpc) is 2.94. The molecule has 0 aliphatic heterocycles. The van der Waals surface area contributed by atoms with E-state index in [1.165, 1.54) is 0 Å². The number of para-hydroxylation sites is 1. The summed E-state index contributed by atoms with van der Waals surface area (Å²) in [6.45, 7) is 2.39. The smallest absolute Gasteiger partial charge is 0.261 e. The highest BCUT2D eigenvalue weighted by atomic mass is 35.5. The SMILES string of the molecule is Cc1c(C(=O)NC2CCCC2CN)c(=O)[nH]c2ccccc12.Cl. The van der Waals surface area contributed by atoms with Gasteiger partial charge in [-0.1, -0.05) is 24.6 Å². The number of halogens is 1. The summed E-state index contributed by atoms with van der Waals surface area (Å²) in [6.07, 6.45) is 3.03. The molecular weight excluding hydrogens is 314 g/mol. The van der Waals surface area contributed by atoms with Gasteiger partial charge in [0.05, 0.1) is 0 Å². The van der Waals surface area contributed by atoms with Crippen LogP contribution in [-0.2, 0) is 0 Å². The lowest BCUT2D eigenvalue weighted by atomic mass is 10.0. The van der Waals surface area contributed by atoms with Crippen molar-refractivity contribution in [1.29, 1.82) is 0 Å². The fourth-order valence-electron chi connectivity index (χ4n) is 3.43. The van der Waals surface area contributed by atoms with Gasteiger partial charge in [-0.2, -0.15) is 0 Å². The summed E-state index contributed by atoms with van der Waals surface area (Å²) in [7, 11) is 0. The number of aryl methyl sites for hydroxylation is 1. The number of nitrogens with two attached hydrogens (primary N) is 1. The third kappa shape index (κ3) is 3.26. The molecule has 2 atom stereocenters. The summed E-state index contributed by atoms with van der Waals surface area (Å²) < 4.78 is 0. The van der Waals surface area contributed by atoms with Crippen LogP contribution in [0.2, 0.25) is 0 Å². The van der Waals surface area contributed by atoms with Crippen molar-refractivity contribution in [2.45, 2.75) is 32.2 Å². The molecule has 1 heterocycles. The Balaban J connectivity index is 0.00000192. The van der Waals surface area contributed by atoms with Crippen LogP contribution in [0, 0.1) is 12.8 Å². The number of pyridine rings is 1. The number of benzene rings is 1. The van der Waals surface area contributed by atoms with Gasteiger partial charge in [0.1, 0.15) is 5.56 Å². The molecule has 1 aromatic heterocycles. The number of fused-ring (bicyclic) bond motifs is 1. The highest BCUT2D eigenvalue weighted by molar-refractivity contribution is 6.00. The summed E-state index contributed by atoms with van der Waals surface area (Å²) in [5, 5.41) is 3.90. The first-order valence-electron chi connectivity index (χ1n) is 7.74. The van der Waals surface area contributed by atoms with E-state index in [1.54, 1.807) is 0 Å². The molecule has 0 radical (unpaired) electrons. The molecule has 3 rings (SSSR count). The zero-order valence-corrected chi connectivity index (χ0v) is 13.9. The number of carbonyl (C=O) groups is 1. The number of aromatic nitrogens is 1. The van der Waals surface area contributed by atoms with Crippen molar-refractivity contribution in [2.24, 2.45) is 11.7 Å². The third-order valence-electron chi connectivity index (χ3n) is 4.69. The van der Waals surface area contributed by atoms with Crippen LogP contribution in [0.3, 0.4) is 0 Å². The maximum atomic E-state index is 12.6. The van der Waals surface area contributed by atoms with Crippen molar-refractivity contribution in [1.82, 2.24) is 10.3 Å². The molecule has 0 bridgehead atoms. The van der Waals surface area contributed by atoms with E-state index in [4.69, 9.17) is 5.73 Å². The highest BCUT2D eigenvalue weighted by Gasteiger charge is 2.29. The Morgan fingerprint density at radius 2 is 2.09 bits per heavy atom. The molecule has 4 N–H and O–H groups in total. The van der Waals surface area contributed by atoms with Gasteiger partial charge < -0.3 is 16.0 Å². The number of carbonyl (C=O) groups excluding carboxylic acids is 1. The van der Waals surface area contributed by atoms with E-state index in [-0.39, 0.29) is 35.5 Å². The van der Waals surface area contributed by atoms with Crippen molar-refractivity contribution >= 4 is 29.2 Å². The minimum Gasteiger partial charge on any atom is -0.349 e. The molecule has 1 saturated carbocycles. The van der Waals surface area contributed by atoms with E-state index in [0.717, 1.165) is 35.7 Å². The molecule has 0 spiro atoms. The van der Waals surface area contributed by atoms with Crippen LogP contribution < -0.4 is 16.6 Å². The van der Waals surface area contributed by atoms with Crippen molar-refractivity contribution < 1.29 is 4.79 Å². The monoisotopic (exact) mass is 335 g/mol. The Bertz CT molecular complexity index is 772. The summed E-state index contributed by atoms with van der Waals surface area (Å²) >= 11 is 0. The maximum absolute atomic E-state index is 12.6. The van der Waals surface area contributed by atoms with Crippen LogP contribution in [0.15, 0.2) is 29.1 Å². The van der Waals surface area contributed by atoms with Gasteiger partial charge in [0.2, 0.25) is 0 Å². The largest absolute Gasteiger partial charge is 0.349 e. The van der Waals surface area contributed by atoms with Gasteiger partial charge in [0.15, 0.2) is 0 Å². The van der Waals surface area contributed by atoms with Crippen molar-refractivity contribution in [3.63, 3.8) is 0 Å². The number of hydrogen-bond acceptors (Lipinski definition) is 3. The number of nitrogens with one attached hydrogen (secondary N) is 2. The maximum Gasteiger partial charge on any atom is 0.261 e. The van der Waals surface area contributed by atoms with Gasteiger partial charge in [-0.15, -0.1) is 12.4 Å². The first-order valence-corrected chi connectivity index (χ1v) is 7.74. The predicted octanol–water partition coefficient (Wildman–Crippen LogP) is 2.12. The first kappa shape index (κ1) is 17.5. The van der Waals surface area contributed by atoms with Crippen LogP contribution in [-0.4, -0.2) is 23.5 Å². The summed E-state index contributed by atoms with van der Waals surface area (Å²) in [4.78, 5) is 27.6. The minimum absolute atomic E-state index is 0. The molecule has 5 nitrogen and oxygen atoms in total. The second kappa shape index (κ2) is 7.15. The van der Waals surface area contributed by atoms with Crippen LogP contribution in [0.25, 0.3) is 10.9 Å². The topological polar surface area (TPSA) is 88.0 Å². The quantitative estimate of drug-likeness (QED) is 0.802. The molecule has 1 amide bonds. The molecule has 2 aromatic rings. The number of rotatable bonds is 3. The second-order valence-corrected chi connectivity index (χ2v) is 6.01. The Hall–Kier alpha value is -1.85. The van der Waals surface area contributed by atoms with Gasteiger partial charge in [0, 0.05) is 16.9 Å². The van der Waals surface area contributed by atoms with E-state index >= 15 is 0 Å². The predicted molar refractivity (Wildman–Crippen MR) is 94.2 cm³/mol. The molecule has 124 valence electrons. The molecular formula is C17H22ClN3O2. The third-order valence-corrected chi connectivity index (χ3v) is 4.69. The molecule has 1 aromatic carbocycles. The normalized spacial score (nSPS) is 20.3. The Morgan fingerprint density at radius 1 is 1.35 bits per heavy atom. The van der Waals surface area contributed by atoms with Crippen molar-refractivity contribution in [3.05, 3.63) is 45.7 Å². The lowest BCUT2D eigenvalue weighted by Gasteiger charge is -2.20. The highest BCUT2D eigenvalue weighted by Crippen LogP contribution is 2.25. The van der Waals surface area contributed by atoms with Crippen LogP contribution in [0.4, 0.5) is 0 Å². The van der Waals surface area contributed by atoms with Gasteiger partial charge in [-0.05, 0) is 43.9 Å².